The Balaban J connectivity index is 2.62. The topological polar surface area (TPSA) is 22.0 Å². The van der Waals surface area contributed by atoms with Crippen LogP contribution in [0.2, 0.25) is 0 Å². The van der Waals surface area contributed by atoms with E-state index in [2.05, 4.69) is 17.6 Å². The Hall–Kier alpha value is -1.57. The van der Waals surface area contributed by atoms with E-state index in [1.807, 2.05) is 25.2 Å². The van der Waals surface area contributed by atoms with E-state index in [-0.39, 0.29) is 0 Å². The molecule has 2 aromatic rings. The number of hydrogen-bond acceptors (Lipinski definition) is 1. The summed E-state index contributed by atoms with van der Waals surface area (Å²) in [5, 5.41) is 1.08. The first-order valence-corrected chi connectivity index (χ1v) is 5.81. The lowest BCUT2D eigenvalue weighted by molar-refractivity contribution is 0.112. The molecule has 0 saturated heterocycles. The van der Waals surface area contributed by atoms with Crippen LogP contribution >= 0.6 is 0 Å². The van der Waals surface area contributed by atoms with Crippen molar-refractivity contribution in [2.24, 2.45) is 7.05 Å². The maximum absolute atomic E-state index is 11.2. The summed E-state index contributed by atoms with van der Waals surface area (Å²) in [6.45, 7) is 2.17. The summed E-state index contributed by atoms with van der Waals surface area (Å²) >= 11 is 0. The van der Waals surface area contributed by atoms with E-state index in [4.69, 9.17) is 0 Å². The second-order valence-corrected chi connectivity index (χ2v) is 4.16. The number of hydrogen-bond donors (Lipinski definition) is 0. The van der Waals surface area contributed by atoms with Crippen molar-refractivity contribution >= 4 is 17.2 Å². The summed E-state index contributed by atoms with van der Waals surface area (Å²) in [6, 6.07) is 8.09. The molecule has 2 rings (SSSR count). The van der Waals surface area contributed by atoms with Crippen LogP contribution in [0, 0.1) is 0 Å². The average molecular weight is 215 g/mol. The molecule has 0 fully saturated rings. The SMILES string of the molecule is CCCCc1c(C=O)c2ccccc2n1C. The molecule has 0 aliphatic carbocycles. The summed E-state index contributed by atoms with van der Waals surface area (Å²) in [5.41, 5.74) is 3.18. The number of nitrogens with zero attached hydrogens (tertiary/aromatic N) is 1. The Morgan fingerprint density at radius 2 is 2.06 bits per heavy atom. The van der Waals surface area contributed by atoms with Gasteiger partial charge in [-0.25, -0.2) is 0 Å². The molecule has 0 radical (unpaired) electrons. The van der Waals surface area contributed by atoms with Crippen LogP contribution in [-0.4, -0.2) is 10.9 Å². The molecule has 0 unspecified atom stereocenters. The van der Waals surface area contributed by atoms with Gasteiger partial charge in [0.1, 0.15) is 0 Å². The van der Waals surface area contributed by atoms with Crippen LogP contribution in [-0.2, 0) is 13.5 Å². The first kappa shape index (κ1) is 10.9. The Labute approximate surface area is 95.9 Å². The smallest absolute Gasteiger partial charge is 0.152 e. The van der Waals surface area contributed by atoms with Gasteiger partial charge in [0.05, 0.1) is 0 Å². The monoisotopic (exact) mass is 215 g/mol. The van der Waals surface area contributed by atoms with Crippen molar-refractivity contribution in [2.75, 3.05) is 0 Å². The lowest BCUT2D eigenvalue weighted by Gasteiger charge is -2.03. The normalized spacial score (nSPS) is 10.9. The first-order chi connectivity index (χ1) is 7.79. The zero-order chi connectivity index (χ0) is 11.5. The Bertz CT molecular complexity index is 511. The molecule has 16 heavy (non-hydrogen) atoms. The fourth-order valence-corrected chi connectivity index (χ4v) is 2.25. The maximum Gasteiger partial charge on any atom is 0.152 e. The quantitative estimate of drug-likeness (QED) is 0.717. The maximum atomic E-state index is 11.2. The van der Waals surface area contributed by atoms with Crippen LogP contribution in [0.4, 0.5) is 0 Å². The molecular weight excluding hydrogens is 198 g/mol. The fourth-order valence-electron chi connectivity index (χ4n) is 2.25. The highest BCUT2D eigenvalue weighted by atomic mass is 16.1. The Morgan fingerprint density at radius 1 is 1.31 bits per heavy atom. The van der Waals surface area contributed by atoms with Crippen molar-refractivity contribution in [2.45, 2.75) is 26.2 Å². The zero-order valence-corrected chi connectivity index (χ0v) is 9.86. The number of aromatic nitrogens is 1. The van der Waals surface area contributed by atoms with E-state index in [0.29, 0.717) is 0 Å². The van der Waals surface area contributed by atoms with Crippen molar-refractivity contribution in [1.29, 1.82) is 0 Å². The van der Waals surface area contributed by atoms with Crippen LogP contribution in [0.15, 0.2) is 24.3 Å². The van der Waals surface area contributed by atoms with Crippen molar-refractivity contribution in [3.8, 4) is 0 Å². The van der Waals surface area contributed by atoms with Crippen molar-refractivity contribution in [1.82, 2.24) is 4.57 Å². The molecule has 0 atom stereocenters. The zero-order valence-electron chi connectivity index (χ0n) is 9.86. The number of fused-ring (bicyclic) bond motifs is 1. The van der Waals surface area contributed by atoms with Gasteiger partial charge in [0.15, 0.2) is 6.29 Å². The van der Waals surface area contributed by atoms with E-state index < -0.39 is 0 Å². The van der Waals surface area contributed by atoms with Crippen LogP contribution in [0.3, 0.4) is 0 Å². The molecule has 84 valence electrons. The molecular formula is C14H17NO. The highest BCUT2D eigenvalue weighted by Gasteiger charge is 2.12. The predicted molar refractivity (Wildman–Crippen MR) is 66.9 cm³/mol. The van der Waals surface area contributed by atoms with Crippen LogP contribution in [0.25, 0.3) is 10.9 Å². The van der Waals surface area contributed by atoms with Crippen molar-refractivity contribution < 1.29 is 4.79 Å². The third kappa shape index (κ3) is 1.64. The molecule has 0 aliphatic heterocycles. The minimum Gasteiger partial charge on any atom is -0.347 e. The summed E-state index contributed by atoms with van der Waals surface area (Å²) in [7, 11) is 2.04. The number of aryl methyl sites for hydroxylation is 1. The third-order valence-electron chi connectivity index (χ3n) is 3.16. The van der Waals surface area contributed by atoms with Gasteiger partial charge in [-0.1, -0.05) is 31.5 Å². The predicted octanol–water partition coefficient (Wildman–Crippen LogP) is 3.33. The Morgan fingerprint density at radius 3 is 2.75 bits per heavy atom. The second-order valence-electron chi connectivity index (χ2n) is 4.16. The summed E-state index contributed by atoms with van der Waals surface area (Å²) in [6.07, 6.45) is 4.26. The number of carbonyl (C=O) groups excluding carboxylic acids is 1. The number of rotatable bonds is 4. The van der Waals surface area contributed by atoms with Crippen LogP contribution < -0.4 is 0 Å². The molecule has 2 nitrogen and oxygen atoms in total. The van der Waals surface area contributed by atoms with Gasteiger partial charge < -0.3 is 4.57 Å². The third-order valence-corrected chi connectivity index (χ3v) is 3.16. The van der Waals surface area contributed by atoms with Crippen LogP contribution in [0.1, 0.15) is 35.8 Å². The molecule has 1 aromatic carbocycles. The summed E-state index contributed by atoms with van der Waals surface area (Å²) in [4.78, 5) is 11.2. The summed E-state index contributed by atoms with van der Waals surface area (Å²) in [5.74, 6) is 0. The minimum atomic E-state index is 0.867. The molecule has 0 amide bonds. The average Bonchev–Trinajstić information content (AvgIpc) is 2.60. The standard InChI is InChI=1S/C14H17NO/c1-3-4-8-14-12(10-16)11-7-5-6-9-13(11)15(14)2/h5-7,9-10H,3-4,8H2,1-2H3. The lowest BCUT2D eigenvalue weighted by atomic mass is 10.1. The number of para-hydroxylation sites is 1. The van der Waals surface area contributed by atoms with Crippen molar-refractivity contribution in [3.05, 3.63) is 35.5 Å². The molecule has 0 saturated carbocycles. The molecule has 0 N–H and O–H groups in total. The van der Waals surface area contributed by atoms with E-state index in [0.717, 1.165) is 47.7 Å². The van der Waals surface area contributed by atoms with Gasteiger partial charge >= 0.3 is 0 Å². The number of benzene rings is 1. The molecule has 1 aromatic heterocycles. The number of unbranched alkanes of at least 4 members (excludes halogenated alkanes) is 1. The van der Waals surface area contributed by atoms with Gasteiger partial charge in [-0.2, -0.15) is 0 Å². The molecule has 0 aliphatic rings. The van der Waals surface area contributed by atoms with Crippen LogP contribution in [0.5, 0.6) is 0 Å². The molecule has 0 spiro atoms. The molecule has 2 heteroatoms. The van der Waals surface area contributed by atoms with Gasteiger partial charge in [0, 0.05) is 29.2 Å². The fraction of sp³-hybridized carbons (Fsp3) is 0.357. The molecule has 1 heterocycles. The van der Waals surface area contributed by atoms with E-state index in [1.54, 1.807) is 0 Å². The van der Waals surface area contributed by atoms with E-state index in [1.165, 1.54) is 0 Å². The number of aldehydes is 1. The second kappa shape index (κ2) is 4.52. The largest absolute Gasteiger partial charge is 0.347 e. The summed E-state index contributed by atoms with van der Waals surface area (Å²) < 4.78 is 2.15. The van der Waals surface area contributed by atoms with E-state index in [9.17, 15) is 4.79 Å². The van der Waals surface area contributed by atoms with Gasteiger partial charge in [-0.15, -0.1) is 0 Å². The molecule has 0 bridgehead atoms. The van der Waals surface area contributed by atoms with E-state index >= 15 is 0 Å². The number of carbonyl (C=O) groups is 1. The van der Waals surface area contributed by atoms with Gasteiger partial charge in [0.2, 0.25) is 0 Å². The first-order valence-electron chi connectivity index (χ1n) is 5.81. The highest BCUT2D eigenvalue weighted by Crippen LogP contribution is 2.24. The lowest BCUT2D eigenvalue weighted by Crippen LogP contribution is -1.98. The van der Waals surface area contributed by atoms with Gasteiger partial charge in [-0.05, 0) is 18.9 Å². The highest BCUT2D eigenvalue weighted by molar-refractivity contribution is 5.99. The van der Waals surface area contributed by atoms with Gasteiger partial charge in [0.25, 0.3) is 0 Å². The van der Waals surface area contributed by atoms with Crippen molar-refractivity contribution in [3.63, 3.8) is 0 Å². The Kier molecular flexibility index (Phi) is 3.09. The minimum absolute atomic E-state index is 0.867. The van der Waals surface area contributed by atoms with Gasteiger partial charge in [-0.3, -0.25) is 4.79 Å².